The van der Waals surface area contributed by atoms with Crippen molar-refractivity contribution in [2.75, 3.05) is 13.1 Å². The van der Waals surface area contributed by atoms with Crippen molar-refractivity contribution < 1.29 is 9.59 Å². The molecule has 0 radical (unpaired) electrons. The van der Waals surface area contributed by atoms with Gasteiger partial charge in [-0.2, -0.15) is 0 Å². The van der Waals surface area contributed by atoms with Crippen molar-refractivity contribution in [2.24, 2.45) is 0 Å². The van der Waals surface area contributed by atoms with Crippen LogP contribution in [0.5, 0.6) is 0 Å². The second kappa shape index (κ2) is 12.9. The number of aryl methyl sites for hydroxylation is 2. The lowest BCUT2D eigenvalue weighted by Crippen LogP contribution is -2.25. The molecule has 0 aliphatic carbocycles. The van der Waals surface area contributed by atoms with Crippen LogP contribution >= 0.6 is 0 Å². The molecule has 38 heavy (non-hydrogen) atoms. The van der Waals surface area contributed by atoms with E-state index in [1.807, 2.05) is 24.3 Å². The molecule has 0 aliphatic heterocycles. The summed E-state index contributed by atoms with van der Waals surface area (Å²) in [6.07, 6.45) is 8.92. The van der Waals surface area contributed by atoms with Crippen molar-refractivity contribution in [2.45, 2.75) is 79.1 Å². The first-order valence-electron chi connectivity index (χ1n) is 14.4. The maximum absolute atomic E-state index is 13.4. The predicted octanol–water partition coefficient (Wildman–Crippen LogP) is 8.38. The highest BCUT2D eigenvalue weighted by molar-refractivity contribution is 6.28. The topological polar surface area (TPSA) is 58.2 Å². The lowest BCUT2D eigenvalue weighted by Gasteiger charge is -2.18. The van der Waals surface area contributed by atoms with Gasteiger partial charge in [-0.25, -0.2) is 0 Å². The summed E-state index contributed by atoms with van der Waals surface area (Å²) in [6, 6.07) is 16.3. The molecule has 0 unspecified atom stereocenters. The smallest absolute Gasteiger partial charge is 0.251 e. The minimum atomic E-state index is -0.0502. The SMILES string of the molecule is CCCCCCNC(=O)c1cc2cc(C(=O)NCCCCCC)c3cccc(C)c3c2c2c(C)cccc12. The molecule has 0 saturated heterocycles. The Bertz CT molecular complexity index is 1350. The minimum Gasteiger partial charge on any atom is -0.352 e. The summed E-state index contributed by atoms with van der Waals surface area (Å²) in [5, 5.41) is 12.4. The van der Waals surface area contributed by atoms with Gasteiger partial charge in [-0.1, -0.05) is 88.8 Å². The normalized spacial score (nSPS) is 11.4. The Kier molecular flexibility index (Phi) is 9.38. The molecule has 2 amide bonds. The largest absolute Gasteiger partial charge is 0.352 e. The maximum Gasteiger partial charge on any atom is 0.251 e. The molecule has 4 aromatic carbocycles. The third kappa shape index (κ3) is 5.85. The Labute approximate surface area is 227 Å². The zero-order chi connectivity index (χ0) is 27.1. The highest BCUT2D eigenvalue weighted by Gasteiger charge is 2.20. The predicted molar refractivity (Wildman–Crippen MR) is 161 cm³/mol. The maximum atomic E-state index is 13.4. The van der Waals surface area contributed by atoms with Gasteiger partial charge in [0.2, 0.25) is 0 Å². The van der Waals surface area contributed by atoms with Gasteiger partial charge in [0.15, 0.2) is 0 Å². The second-order valence-corrected chi connectivity index (χ2v) is 10.6. The lowest BCUT2D eigenvalue weighted by atomic mass is 9.87. The van der Waals surface area contributed by atoms with E-state index in [2.05, 4.69) is 62.6 Å². The molecule has 0 bridgehead atoms. The molecule has 0 atom stereocenters. The number of hydrogen-bond acceptors (Lipinski definition) is 2. The van der Waals surface area contributed by atoms with Crippen LogP contribution in [-0.2, 0) is 0 Å². The summed E-state index contributed by atoms with van der Waals surface area (Å²) in [5.41, 5.74) is 3.60. The summed E-state index contributed by atoms with van der Waals surface area (Å²) in [5.74, 6) is -0.100. The Morgan fingerprint density at radius 2 is 1.05 bits per heavy atom. The van der Waals surface area contributed by atoms with E-state index in [1.165, 1.54) is 25.7 Å². The number of unbranched alkanes of at least 4 members (excludes halogenated alkanes) is 6. The first-order valence-corrected chi connectivity index (χ1v) is 14.4. The molecule has 0 saturated carbocycles. The van der Waals surface area contributed by atoms with Crippen molar-refractivity contribution in [1.82, 2.24) is 10.6 Å². The van der Waals surface area contributed by atoms with Gasteiger partial charge in [-0.3, -0.25) is 9.59 Å². The van der Waals surface area contributed by atoms with Crippen LogP contribution in [0.15, 0.2) is 48.5 Å². The highest BCUT2D eigenvalue weighted by atomic mass is 16.2. The molecule has 4 heteroatoms. The van der Waals surface area contributed by atoms with E-state index in [-0.39, 0.29) is 11.8 Å². The zero-order valence-electron chi connectivity index (χ0n) is 23.5. The number of nitrogens with one attached hydrogen (secondary N) is 2. The number of hydrogen-bond donors (Lipinski definition) is 2. The Hall–Kier alpha value is -3.40. The summed E-state index contributed by atoms with van der Waals surface area (Å²) < 4.78 is 0. The zero-order valence-corrected chi connectivity index (χ0v) is 23.5. The molecule has 0 aliphatic rings. The number of benzene rings is 4. The fraction of sp³-hybridized carbons (Fsp3) is 0.412. The highest BCUT2D eigenvalue weighted by Crippen LogP contribution is 2.39. The van der Waals surface area contributed by atoms with E-state index in [0.717, 1.165) is 69.1 Å². The van der Waals surface area contributed by atoms with E-state index in [4.69, 9.17) is 0 Å². The van der Waals surface area contributed by atoms with Crippen LogP contribution in [0, 0.1) is 13.8 Å². The van der Waals surface area contributed by atoms with Crippen LogP contribution < -0.4 is 10.6 Å². The molecule has 2 N–H and O–H groups in total. The number of amides is 2. The molecule has 0 fully saturated rings. The average molecular weight is 511 g/mol. The number of carbonyl (C=O) groups is 2. The van der Waals surface area contributed by atoms with Gasteiger partial charge in [0, 0.05) is 24.2 Å². The molecule has 0 heterocycles. The summed E-state index contributed by atoms with van der Waals surface area (Å²) in [4.78, 5) is 26.9. The Balaban J connectivity index is 1.84. The van der Waals surface area contributed by atoms with Crippen molar-refractivity contribution in [3.63, 3.8) is 0 Å². The number of fused-ring (bicyclic) bond motifs is 5. The van der Waals surface area contributed by atoms with Crippen LogP contribution in [0.25, 0.3) is 32.3 Å². The molecule has 200 valence electrons. The fourth-order valence-electron chi connectivity index (χ4n) is 5.59. The van der Waals surface area contributed by atoms with Crippen LogP contribution in [0.2, 0.25) is 0 Å². The lowest BCUT2D eigenvalue weighted by molar-refractivity contribution is 0.0947. The monoisotopic (exact) mass is 510 g/mol. The van der Waals surface area contributed by atoms with Crippen LogP contribution in [0.3, 0.4) is 0 Å². The van der Waals surface area contributed by atoms with Gasteiger partial charge >= 0.3 is 0 Å². The van der Waals surface area contributed by atoms with Gasteiger partial charge in [0.05, 0.1) is 0 Å². The van der Waals surface area contributed by atoms with Gasteiger partial charge in [-0.15, -0.1) is 0 Å². The van der Waals surface area contributed by atoms with E-state index in [9.17, 15) is 9.59 Å². The first kappa shape index (κ1) is 27.6. The molecular weight excluding hydrogens is 468 g/mol. The van der Waals surface area contributed by atoms with Crippen LogP contribution in [0.1, 0.15) is 97.1 Å². The Morgan fingerprint density at radius 1 is 0.605 bits per heavy atom. The quantitative estimate of drug-likeness (QED) is 0.148. The summed E-state index contributed by atoms with van der Waals surface area (Å²) in [7, 11) is 0. The van der Waals surface area contributed by atoms with E-state index < -0.39 is 0 Å². The van der Waals surface area contributed by atoms with Crippen molar-refractivity contribution in [3.05, 3.63) is 70.8 Å². The van der Waals surface area contributed by atoms with Crippen molar-refractivity contribution >= 4 is 44.1 Å². The number of rotatable bonds is 12. The Morgan fingerprint density at radius 3 is 1.47 bits per heavy atom. The van der Waals surface area contributed by atoms with Gasteiger partial charge in [0.25, 0.3) is 11.8 Å². The summed E-state index contributed by atoms with van der Waals surface area (Å²) >= 11 is 0. The van der Waals surface area contributed by atoms with Gasteiger partial charge in [-0.05, 0) is 82.3 Å². The molecule has 0 aromatic heterocycles. The summed E-state index contributed by atoms with van der Waals surface area (Å²) in [6.45, 7) is 9.94. The fourth-order valence-corrected chi connectivity index (χ4v) is 5.59. The minimum absolute atomic E-state index is 0.0502. The molecule has 4 rings (SSSR count). The molecule has 4 aromatic rings. The van der Waals surface area contributed by atoms with Gasteiger partial charge in [0.1, 0.15) is 0 Å². The van der Waals surface area contributed by atoms with Gasteiger partial charge < -0.3 is 10.6 Å². The molecule has 4 nitrogen and oxygen atoms in total. The third-order valence-corrected chi connectivity index (χ3v) is 7.64. The van der Waals surface area contributed by atoms with Crippen molar-refractivity contribution in [1.29, 1.82) is 0 Å². The second-order valence-electron chi connectivity index (χ2n) is 10.6. The molecule has 0 spiro atoms. The van der Waals surface area contributed by atoms with E-state index in [0.29, 0.717) is 24.2 Å². The van der Waals surface area contributed by atoms with Crippen molar-refractivity contribution in [3.8, 4) is 0 Å². The first-order chi connectivity index (χ1) is 18.5. The standard InChI is InChI=1S/C34H42N2O2/c1-5-7-9-11-19-35-33(37)28-21-25-22-29(34(38)36-20-12-10-8-6-2)27-18-14-16-24(4)31(27)32(25)30-23(3)15-13-17-26(28)30/h13-18,21-22H,5-12,19-20H2,1-4H3,(H,35,37)(H,36,38). The van der Waals surface area contributed by atoms with Crippen LogP contribution in [0.4, 0.5) is 0 Å². The molecular formula is C34H42N2O2. The van der Waals surface area contributed by atoms with Crippen LogP contribution in [-0.4, -0.2) is 24.9 Å². The average Bonchev–Trinajstić information content (AvgIpc) is 2.91. The third-order valence-electron chi connectivity index (χ3n) is 7.64. The van der Waals surface area contributed by atoms with E-state index in [1.54, 1.807) is 0 Å². The van der Waals surface area contributed by atoms with E-state index >= 15 is 0 Å². The number of carbonyl (C=O) groups excluding carboxylic acids is 2.